The number of carbonyl (C=O) groups is 1. The average Bonchev–Trinajstić information content (AvgIpc) is 2.28. The van der Waals surface area contributed by atoms with Crippen LogP contribution in [0.15, 0.2) is 24.3 Å². The lowest BCUT2D eigenvalue weighted by Gasteiger charge is -2.29. The van der Waals surface area contributed by atoms with Gasteiger partial charge in [-0.3, -0.25) is 4.79 Å². The Morgan fingerprint density at radius 2 is 1.83 bits per heavy atom. The number of para-hydroxylation sites is 1. The maximum atomic E-state index is 11.0. The summed E-state index contributed by atoms with van der Waals surface area (Å²) in [6, 6.07) is 8.13. The van der Waals surface area contributed by atoms with Gasteiger partial charge in [0, 0.05) is 18.8 Å². The van der Waals surface area contributed by atoms with Crippen molar-refractivity contribution in [1.29, 1.82) is 0 Å². The molecule has 0 radical (unpaired) electrons. The molecule has 1 aromatic rings. The lowest BCUT2D eigenvalue weighted by Crippen LogP contribution is -2.35. The first-order valence-electron chi connectivity index (χ1n) is 6.45. The van der Waals surface area contributed by atoms with Crippen LogP contribution >= 0.6 is 0 Å². The SMILES string of the molecule is Cc1ccccc1N(CC(C)C)CC(C)C(=O)O. The maximum absolute atomic E-state index is 11.0. The predicted molar refractivity (Wildman–Crippen MR) is 75.0 cm³/mol. The third-order valence-corrected chi connectivity index (χ3v) is 2.96. The number of hydrogen-bond donors (Lipinski definition) is 1. The van der Waals surface area contributed by atoms with Crippen molar-refractivity contribution in [1.82, 2.24) is 0 Å². The number of aryl methyl sites for hydroxylation is 1. The summed E-state index contributed by atoms with van der Waals surface area (Å²) < 4.78 is 0. The van der Waals surface area contributed by atoms with E-state index in [0.717, 1.165) is 12.2 Å². The molecule has 18 heavy (non-hydrogen) atoms. The Balaban J connectivity index is 2.91. The van der Waals surface area contributed by atoms with E-state index in [0.29, 0.717) is 12.5 Å². The number of hydrogen-bond acceptors (Lipinski definition) is 2. The molecule has 1 aromatic carbocycles. The first-order valence-corrected chi connectivity index (χ1v) is 6.45. The molecule has 0 aromatic heterocycles. The molecule has 0 bridgehead atoms. The van der Waals surface area contributed by atoms with Crippen LogP contribution in [-0.4, -0.2) is 24.2 Å². The number of carboxylic acids is 1. The Kier molecular flexibility index (Phi) is 5.20. The van der Waals surface area contributed by atoms with E-state index < -0.39 is 5.97 Å². The van der Waals surface area contributed by atoms with Gasteiger partial charge in [-0.05, 0) is 24.5 Å². The third kappa shape index (κ3) is 4.06. The fraction of sp³-hybridized carbons (Fsp3) is 0.533. The molecule has 0 aliphatic rings. The zero-order valence-corrected chi connectivity index (χ0v) is 11.7. The monoisotopic (exact) mass is 249 g/mol. The minimum absolute atomic E-state index is 0.358. The molecule has 0 saturated carbocycles. The Morgan fingerprint density at radius 3 is 2.33 bits per heavy atom. The second-order valence-electron chi connectivity index (χ2n) is 5.32. The second kappa shape index (κ2) is 6.43. The molecule has 3 nitrogen and oxygen atoms in total. The van der Waals surface area contributed by atoms with Gasteiger partial charge < -0.3 is 10.0 Å². The molecule has 100 valence electrons. The van der Waals surface area contributed by atoms with E-state index in [1.807, 2.05) is 12.1 Å². The minimum Gasteiger partial charge on any atom is -0.481 e. The van der Waals surface area contributed by atoms with Gasteiger partial charge in [-0.1, -0.05) is 39.0 Å². The predicted octanol–water partition coefficient (Wildman–Crippen LogP) is 3.18. The quantitative estimate of drug-likeness (QED) is 0.841. The molecule has 1 unspecified atom stereocenters. The molecule has 0 saturated heterocycles. The summed E-state index contributed by atoms with van der Waals surface area (Å²) in [6.45, 7) is 9.55. The number of rotatable bonds is 6. The van der Waals surface area contributed by atoms with Crippen LogP contribution in [0.1, 0.15) is 26.3 Å². The van der Waals surface area contributed by atoms with Gasteiger partial charge in [0.15, 0.2) is 0 Å². The van der Waals surface area contributed by atoms with E-state index in [2.05, 4.69) is 37.8 Å². The van der Waals surface area contributed by atoms with Crippen LogP contribution in [0.5, 0.6) is 0 Å². The van der Waals surface area contributed by atoms with Crippen LogP contribution in [0, 0.1) is 18.8 Å². The third-order valence-electron chi connectivity index (χ3n) is 2.96. The fourth-order valence-electron chi connectivity index (χ4n) is 2.04. The average molecular weight is 249 g/mol. The highest BCUT2D eigenvalue weighted by atomic mass is 16.4. The largest absolute Gasteiger partial charge is 0.481 e. The normalized spacial score (nSPS) is 12.5. The molecule has 0 aliphatic carbocycles. The number of anilines is 1. The number of aliphatic carboxylic acids is 1. The van der Waals surface area contributed by atoms with Crippen LogP contribution in [0.2, 0.25) is 0 Å². The number of benzene rings is 1. The van der Waals surface area contributed by atoms with Crippen molar-refractivity contribution in [3.05, 3.63) is 29.8 Å². The van der Waals surface area contributed by atoms with Gasteiger partial charge in [0.05, 0.1) is 5.92 Å². The topological polar surface area (TPSA) is 40.5 Å². The summed E-state index contributed by atoms with van der Waals surface area (Å²) in [6.07, 6.45) is 0. The molecule has 0 aliphatic heterocycles. The van der Waals surface area contributed by atoms with Gasteiger partial charge >= 0.3 is 5.97 Å². The van der Waals surface area contributed by atoms with E-state index in [4.69, 9.17) is 5.11 Å². The van der Waals surface area contributed by atoms with Gasteiger partial charge in [-0.15, -0.1) is 0 Å². The highest BCUT2D eigenvalue weighted by Gasteiger charge is 2.18. The zero-order valence-electron chi connectivity index (χ0n) is 11.7. The Hall–Kier alpha value is -1.51. The first-order chi connectivity index (χ1) is 8.41. The highest BCUT2D eigenvalue weighted by molar-refractivity contribution is 5.70. The first kappa shape index (κ1) is 14.6. The smallest absolute Gasteiger partial charge is 0.308 e. The summed E-state index contributed by atoms with van der Waals surface area (Å²) in [5.74, 6) is -0.591. The summed E-state index contributed by atoms with van der Waals surface area (Å²) in [4.78, 5) is 13.2. The Morgan fingerprint density at radius 1 is 1.22 bits per heavy atom. The van der Waals surface area contributed by atoms with E-state index >= 15 is 0 Å². The lowest BCUT2D eigenvalue weighted by atomic mass is 10.1. The lowest BCUT2D eigenvalue weighted by molar-refractivity contribution is -0.140. The number of nitrogens with zero attached hydrogens (tertiary/aromatic N) is 1. The van der Waals surface area contributed by atoms with Gasteiger partial charge in [-0.25, -0.2) is 0 Å². The summed E-state index contributed by atoms with van der Waals surface area (Å²) in [5.41, 5.74) is 2.33. The van der Waals surface area contributed by atoms with Gasteiger partial charge in [0.25, 0.3) is 0 Å². The standard InChI is InChI=1S/C15H23NO2/c1-11(2)9-16(10-13(4)15(17)18)14-8-6-5-7-12(14)3/h5-8,11,13H,9-10H2,1-4H3,(H,17,18). The molecule has 0 fully saturated rings. The van der Waals surface area contributed by atoms with Crippen LogP contribution in [-0.2, 0) is 4.79 Å². The maximum Gasteiger partial charge on any atom is 0.308 e. The summed E-state index contributed by atoms with van der Waals surface area (Å²) in [5, 5.41) is 9.05. The number of carboxylic acid groups (broad SMARTS) is 1. The molecule has 0 amide bonds. The van der Waals surface area contributed by atoms with Crippen molar-refractivity contribution in [3.63, 3.8) is 0 Å². The van der Waals surface area contributed by atoms with Gasteiger partial charge in [-0.2, -0.15) is 0 Å². The van der Waals surface area contributed by atoms with E-state index in [9.17, 15) is 4.79 Å². The van der Waals surface area contributed by atoms with E-state index in [1.165, 1.54) is 5.56 Å². The fourth-order valence-corrected chi connectivity index (χ4v) is 2.04. The summed E-state index contributed by atoms with van der Waals surface area (Å²) >= 11 is 0. The van der Waals surface area contributed by atoms with Gasteiger partial charge in [0.1, 0.15) is 0 Å². The highest BCUT2D eigenvalue weighted by Crippen LogP contribution is 2.21. The van der Waals surface area contributed by atoms with Crippen molar-refractivity contribution in [2.24, 2.45) is 11.8 Å². The molecule has 1 N–H and O–H groups in total. The van der Waals surface area contributed by atoms with E-state index in [1.54, 1.807) is 6.92 Å². The molecule has 0 heterocycles. The molecule has 3 heteroatoms. The molecular formula is C15H23NO2. The second-order valence-corrected chi connectivity index (χ2v) is 5.32. The van der Waals surface area contributed by atoms with Crippen LogP contribution in [0.4, 0.5) is 5.69 Å². The minimum atomic E-state index is -0.739. The Bertz CT molecular complexity index is 401. The van der Waals surface area contributed by atoms with Crippen molar-refractivity contribution < 1.29 is 9.90 Å². The van der Waals surface area contributed by atoms with Crippen LogP contribution in [0.25, 0.3) is 0 Å². The zero-order chi connectivity index (χ0) is 13.7. The Labute approximate surface area is 109 Å². The van der Waals surface area contributed by atoms with Crippen molar-refractivity contribution in [2.45, 2.75) is 27.7 Å². The van der Waals surface area contributed by atoms with Gasteiger partial charge in [0.2, 0.25) is 0 Å². The molecule has 1 atom stereocenters. The molecular weight excluding hydrogens is 226 g/mol. The van der Waals surface area contributed by atoms with Crippen molar-refractivity contribution in [3.8, 4) is 0 Å². The van der Waals surface area contributed by atoms with Crippen LogP contribution in [0.3, 0.4) is 0 Å². The van der Waals surface area contributed by atoms with E-state index in [-0.39, 0.29) is 5.92 Å². The molecule has 0 spiro atoms. The van der Waals surface area contributed by atoms with Crippen molar-refractivity contribution in [2.75, 3.05) is 18.0 Å². The molecule has 1 rings (SSSR count). The van der Waals surface area contributed by atoms with Crippen LogP contribution < -0.4 is 4.90 Å². The van der Waals surface area contributed by atoms with Crippen molar-refractivity contribution >= 4 is 11.7 Å². The summed E-state index contributed by atoms with van der Waals surface area (Å²) in [7, 11) is 0.